The maximum absolute atomic E-state index is 6.08. The van der Waals surface area contributed by atoms with Crippen LogP contribution in [-0.4, -0.2) is 14.8 Å². The average Bonchev–Trinajstić information content (AvgIpc) is 2.65. The van der Waals surface area contributed by atoms with Crippen molar-refractivity contribution in [1.82, 2.24) is 14.8 Å². The first-order chi connectivity index (χ1) is 7.24. The highest BCUT2D eigenvalue weighted by molar-refractivity contribution is 6.38. The number of hydrogen-bond donors (Lipinski definition) is 0. The number of aryl methyl sites for hydroxylation is 1. The fourth-order valence-electron chi connectivity index (χ4n) is 1.39. The molecule has 0 atom stereocenters. The van der Waals surface area contributed by atoms with Crippen LogP contribution in [0, 0.1) is 0 Å². The number of halogens is 2. The van der Waals surface area contributed by atoms with Crippen LogP contribution in [0.15, 0.2) is 24.5 Å². The van der Waals surface area contributed by atoms with E-state index in [-0.39, 0.29) is 0 Å². The Morgan fingerprint density at radius 2 is 1.93 bits per heavy atom. The van der Waals surface area contributed by atoms with Crippen LogP contribution in [-0.2, 0) is 6.54 Å². The predicted molar refractivity (Wildman–Crippen MR) is 61.2 cm³/mol. The van der Waals surface area contributed by atoms with Gasteiger partial charge >= 0.3 is 0 Å². The molecular weight excluding hydrogens is 233 g/mol. The van der Waals surface area contributed by atoms with E-state index in [9.17, 15) is 0 Å². The lowest BCUT2D eigenvalue weighted by Crippen LogP contribution is -1.97. The van der Waals surface area contributed by atoms with Gasteiger partial charge in [0.2, 0.25) is 0 Å². The van der Waals surface area contributed by atoms with Crippen LogP contribution in [0.5, 0.6) is 0 Å². The first kappa shape index (κ1) is 10.5. The minimum atomic E-state index is 0.588. The molecule has 78 valence electrons. The van der Waals surface area contributed by atoms with Gasteiger partial charge in [-0.25, -0.2) is 0 Å². The molecule has 2 rings (SSSR count). The van der Waals surface area contributed by atoms with Crippen molar-refractivity contribution in [1.29, 1.82) is 0 Å². The van der Waals surface area contributed by atoms with Gasteiger partial charge in [0.25, 0.3) is 0 Å². The van der Waals surface area contributed by atoms with Gasteiger partial charge in [0.15, 0.2) is 5.82 Å². The Labute approximate surface area is 97.7 Å². The van der Waals surface area contributed by atoms with E-state index in [4.69, 9.17) is 23.2 Å². The number of hydrogen-bond acceptors (Lipinski definition) is 2. The van der Waals surface area contributed by atoms with Gasteiger partial charge in [-0.3, -0.25) is 0 Å². The van der Waals surface area contributed by atoms with Crippen LogP contribution in [0.2, 0.25) is 10.0 Å². The second-order valence-corrected chi connectivity index (χ2v) is 3.85. The van der Waals surface area contributed by atoms with Crippen LogP contribution < -0.4 is 0 Å². The summed E-state index contributed by atoms with van der Waals surface area (Å²) in [5, 5.41) is 9.05. The molecule has 0 radical (unpaired) electrons. The standard InChI is InChI=1S/C10H9Cl2N3/c1-2-15-6-13-14-10(15)9-7(11)4-3-5-8(9)12/h3-6H,2H2,1H3. The molecular formula is C10H9Cl2N3. The Balaban J connectivity index is 2.63. The largest absolute Gasteiger partial charge is 0.314 e. The zero-order valence-electron chi connectivity index (χ0n) is 8.11. The van der Waals surface area contributed by atoms with E-state index in [1.54, 1.807) is 24.5 Å². The van der Waals surface area contributed by atoms with Crippen molar-refractivity contribution in [3.63, 3.8) is 0 Å². The van der Waals surface area contributed by atoms with Crippen molar-refractivity contribution in [2.45, 2.75) is 13.5 Å². The molecule has 0 fully saturated rings. The molecule has 2 aromatic rings. The molecule has 3 nitrogen and oxygen atoms in total. The Kier molecular flexibility index (Phi) is 2.93. The summed E-state index contributed by atoms with van der Waals surface area (Å²) in [4.78, 5) is 0. The summed E-state index contributed by atoms with van der Waals surface area (Å²) in [6.45, 7) is 2.79. The molecule has 0 amide bonds. The fraction of sp³-hybridized carbons (Fsp3) is 0.200. The number of aromatic nitrogens is 3. The molecule has 0 saturated carbocycles. The molecule has 0 bridgehead atoms. The molecule has 0 spiro atoms. The molecule has 0 aliphatic carbocycles. The zero-order valence-corrected chi connectivity index (χ0v) is 9.63. The number of rotatable bonds is 2. The average molecular weight is 242 g/mol. The molecule has 0 aliphatic rings. The summed E-state index contributed by atoms with van der Waals surface area (Å²) < 4.78 is 1.90. The van der Waals surface area contributed by atoms with E-state index in [1.165, 1.54) is 0 Å². The van der Waals surface area contributed by atoms with Crippen molar-refractivity contribution < 1.29 is 0 Å². The van der Waals surface area contributed by atoms with E-state index in [2.05, 4.69) is 10.2 Å². The van der Waals surface area contributed by atoms with E-state index < -0.39 is 0 Å². The van der Waals surface area contributed by atoms with Gasteiger partial charge in [0.1, 0.15) is 6.33 Å². The Hall–Kier alpha value is -1.06. The van der Waals surface area contributed by atoms with Crippen molar-refractivity contribution in [2.24, 2.45) is 0 Å². The number of nitrogens with zero attached hydrogens (tertiary/aromatic N) is 3. The van der Waals surface area contributed by atoms with Gasteiger partial charge in [0, 0.05) is 6.54 Å². The zero-order chi connectivity index (χ0) is 10.8. The lowest BCUT2D eigenvalue weighted by atomic mass is 10.2. The van der Waals surface area contributed by atoms with Crippen LogP contribution in [0.25, 0.3) is 11.4 Å². The van der Waals surface area contributed by atoms with Crippen LogP contribution in [0.1, 0.15) is 6.92 Å². The summed E-state index contributed by atoms with van der Waals surface area (Å²) in [6.07, 6.45) is 1.66. The third-order valence-electron chi connectivity index (χ3n) is 2.14. The molecule has 1 heterocycles. The normalized spacial score (nSPS) is 10.6. The predicted octanol–water partition coefficient (Wildman–Crippen LogP) is 3.27. The Morgan fingerprint density at radius 1 is 1.27 bits per heavy atom. The van der Waals surface area contributed by atoms with Gasteiger partial charge < -0.3 is 4.57 Å². The van der Waals surface area contributed by atoms with Crippen molar-refractivity contribution >= 4 is 23.2 Å². The SMILES string of the molecule is CCn1cnnc1-c1c(Cl)cccc1Cl. The smallest absolute Gasteiger partial charge is 0.166 e. The fourth-order valence-corrected chi connectivity index (χ4v) is 1.96. The Morgan fingerprint density at radius 3 is 2.53 bits per heavy atom. The van der Waals surface area contributed by atoms with Crippen LogP contribution in [0.4, 0.5) is 0 Å². The molecule has 1 aromatic carbocycles. The van der Waals surface area contributed by atoms with E-state index in [0.717, 1.165) is 12.1 Å². The first-order valence-electron chi connectivity index (χ1n) is 4.56. The summed E-state index contributed by atoms with van der Waals surface area (Å²) in [5.74, 6) is 0.702. The quantitative estimate of drug-likeness (QED) is 0.809. The third-order valence-corrected chi connectivity index (χ3v) is 2.77. The Bertz CT molecular complexity index is 459. The second kappa shape index (κ2) is 4.21. The van der Waals surface area contributed by atoms with Crippen LogP contribution >= 0.6 is 23.2 Å². The van der Waals surface area contributed by atoms with Gasteiger partial charge in [-0.2, -0.15) is 0 Å². The minimum absolute atomic E-state index is 0.588. The highest BCUT2D eigenvalue weighted by Crippen LogP contribution is 2.32. The molecule has 0 aliphatic heterocycles. The lowest BCUT2D eigenvalue weighted by molar-refractivity contribution is 0.767. The van der Waals surface area contributed by atoms with Crippen LogP contribution in [0.3, 0.4) is 0 Å². The van der Waals surface area contributed by atoms with E-state index >= 15 is 0 Å². The first-order valence-corrected chi connectivity index (χ1v) is 5.31. The molecule has 5 heteroatoms. The minimum Gasteiger partial charge on any atom is -0.314 e. The molecule has 1 aromatic heterocycles. The summed E-state index contributed by atoms with van der Waals surface area (Å²) >= 11 is 12.2. The molecule has 0 N–H and O–H groups in total. The molecule has 15 heavy (non-hydrogen) atoms. The second-order valence-electron chi connectivity index (χ2n) is 3.04. The van der Waals surface area contributed by atoms with Crippen molar-refractivity contribution in [3.8, 4) is 11.4 Å². The lowest BCUT2D eigenvalue weighted by Gasteiger charge is -2.06. The topological polar surface area (TPSA) is 30.7 Å². The summed E-state index contributed by atoms with van der Waals surface area (Å²) in [7, 11) is 0. The third kappa shape index (κ3) is 1.85. The van der Waals surface area contributed by atoms with Gasteiger partial charge in [0.05, 0.1) is 15.6 Å². The summed E-state index contributed by atoms with van der Waals surface area (Å²) in [5.41, 5.74) is 0.736. The van der Waals surface area contributed by atoms with Crippen molar-refractivity contribution in [3.05, 3.63) is 34.6 Å². The summed E-state index contributed by atoms with van der Waals surface area (Å²) in [6, 6.07) is 5.38. The maximum Gasteiger partial charge on any atom is 0.166 e. The van der Waals surface area contributed by atoms with Gasteiger partial charge in [-0.15, -0.1) is 10.2 Å². The van der Waals surface area contributed by atoms with Crippen molar-refractivity contribution in [2.75, 3.05) is 0 Å². The maximum atomic E-state index is 6.08. The van der Waals surface area contributed by atoms with E-state index in [0.29, 0.717) is 15.9 Å². The number of benzene rings is 1. The van der Waals surface area contributed by atoms with Gasteiger partial charge in [-0.05, 0) is 19.1 Å². The monoisotopic (exact) mass is 241 g/mol. The van der Waals surface area contributed by atoms with E-state index in [1.807, 2.05) is 11.5 Å². The highest BCUT2D eigenvalue weighted by Gasteiger charge is 2.13. The molecule has 0 unspecified atom stereocenters. The molecule has 0 saturated heterocycles. The van der Waals surface area contributed by atoms with Gasteiger partial charge in [-0.1, -0.05) is 29.3 Å². The highest BCUT2D eigenvalue weighted by atomic mass is 35.5.